The van der Waals surface area contributed by atoms with E-state index in [0.717, 1.165) is 11.1 Å². The first-order chi connectivity index (χ1) is 13.5. The van der Waals surface area contributed by atoms with E-state index in [-0.39, 0.29) is 10.8 Å². The molecule has 1 aliphatic heterocycles. The van der Waals surface area contributed by atoms with Crippen molar-refractivity contribution >= 4 is 10.0 Å². The molecular weight excluding hydrogens is 382 g/mol. The molecule has 0 N–H and O–H groups in total. The van der Waals surface area contributed by atoms with Crippen molar-refractivity contribution in [3.05, 3.63) is 48.2 Å². The third-order valence-corrected chi connectivity index (χ3v) is 6.87. The molecule has 0 radical (unpaired) electrons. The molecule has 9 heteroatoms. The molecule has 2 aromatic heterocycles. The van der Waals surface area contributed by atoms with E-state index < -0.39 is 10.0 Å². The van der Waals surface area contributed by atoms with Gasteiger partial charge < -0.3 is 13.6 Å². The number of ether oxygens (including phenoxy) is 1. The summed E-state index contributed by atoms with van der Waals surface area (Å²) in [4.78, 5) is 0.202. The van der Waals surface area contributed by atoms with Gasteiger partial charge in [-0.3, -0.25) is 0 Å². The molecule has 3 heterocycles. The number of hydrogen-bond donors (Lipinski definition) is 0. The van der Waals surface area contributed by atoms with E-state index in [0.29, 0.717) is 43.5 Å². The Morgan fingerprint density at radius 2 is 1.96 bits per heavy atom. The molecule has 8 nitrogen and oxygen atoms in total. The Morgan fingerprint density at radius 1 is 1.18 bits per heavy atom. The molecule has 0 aliphatic carbocycles. The first kappa shape index (κ1) is 18.7. The number of methoxy groups -OCH3 is 1. The van der Waals surface area contributed by atoms with Gasteiger partial charge in [-0.15, -0.1) is 10.2 Å². The lowest BCUT2D eigenvalue weighted by Crippen LogP contribution is -2.38. The molecule has 0 unspecified atom stereocenters. The Balaban J connectivity index is 1.49. The van der Waals surface area contributed by atoms with Gasteiger partial charge in [0.25, 0.3) is 5.89 Å². The van der Waals surface area contributed by atoms with Gasteiger partial charge in [-0.05, 0) is 43.5 Å². The molecule has 0 spiro atoms. The predicted octanol–water partition coefficient (Wildman–Crippen LogP) is 3.21. The number of hydrogen-bond acceptors (Lipinski definition) is 7. The van der Waals surface area contributed by atoms with Gasteiger partial charge in [-0.25, -0.2) is 8.42 Å². The van der Waals surface area contributed by atoms with Crippen LogP contribution in [-0.2, 0) is 10.0 Å². The van der Waals surface area contributed by atoms with Crippen LogP contribution in [0.4, 0.5) is 0 Å². The standard InChI is InChI=1S/C19H21N3O5S/c1-13-3-4-16(25-2)17(11-13)28(23,24)22-8-5-14(6-9-22)18-20-21-19(27-18)15-7-10-26-12-15/h3-4,7,10-12,14H,5-6,8-9H2,1-2H3. The molecule has 1 saturated heterocycles. The fourth-order valence-electron chi connectivity index (χ4n) is 3.37. The summed E-state index contributed by atoms with van der Waals surface area (Å²) in [5.41, 5.74) is 1.59. The van der Waals surface area contributed by atoms with Crippen LogP contribution in [0.1, 0.15) is 30.2 Å². The van der Waals surface area contributed by atoms with Crippen LogP contribution in [0.25, 0.3) is 11.5 Å². The highest BCUT2D eigenvalue weighted by atomic mass is 32.2. The highest BCUT2D eigenvalue weighted by Crippen LogP contribution is 2.34. The van der Waals surface area contributed by atoms with Crippen LogP contribution in [0.15, 0.2) is 50.5 Å². The van der Waals surface area contributed by atoms with Crippen LogP contribution in [0.3, 0.4) is 0 Å². The summed E-state index contributed by atoms with van der Waals surface area (Å²) in [6, 6.07) is 6.92. The highest BCUT2D eigenvalue weighted by Gasteiger charge is 2.33. The van der Waals surface area contributed by atoms with Crippen LogP contribution in [0.2, 0.25) is 0 Å². The fourth-order valence-corrected chi connectivity index (χ4v) is 5.08. The van der Waals surface area contributed by atoms with Gasteiger partial charge in [0.15, 0.2) is 0 Å². The van der Waals surface area contributed by atoms with E-state index in [1.807, 2.05) is 13.0 Å². The van der Waals surface area contributed by atoms with Crippen LogP contribution < -0.4 is 4.74 Å². The lowest BCUT2D eigenvalue weighted by molar-refractivity contribution is 0.290. The predicted molar refractivity (Wildman–Crippen MR) is 100 cm³/mol. The monoisotopic (exact) mass is 403 g/mol. The molecule has 0 bridgehead atoms. The van der Waals surface area contributed by atoms with Crippen LogP contribution >= 0.6 is 0 Å². The molecule has 0 saturated carbocycles. The molecule has 1 aliphatic rings. The van der Waals surface area contributed by atoms with E-state index in [1.54, 1.807) is 30.7 Å². The SMILES string of the molecule is COc1ccc(C)cc1S(=O)(=O)N1CCC(c2nnc(-c3ccoc3)o2)CC1. The summed E-state index contributed by atoms with van der Waals surface area (Å²) in [6.45, 7) is 2.62. The number of benzene rings is 1. The maximum atomic E-state index is 13.1. The van der Waals surface area contributed by atoms with Gasteiger partial charge >= 0.3 is 0 Å². The topological polar surface area (TPSA) is 98.7 Å². The van der Waals surface area contributed by atoms with Crippen molar-refractivity contribution in [1.82, 2.24) is 14.5 Å². The lowest BCUT2D eigenvalue weighted by atomic mass is 9.98. The number of rotatable bonds is 5. The second-order valence-electron chi connectivity index (χ2n) is 6.79. The third-order valence-electron chi connectivity index (χ3n) is 4.95. The first-order valence-electron chi connectivity index (χ1n) is 9.00. The number of nitrogens with zero attached hydrogens (tertiary/aromatic N) is 3. The molecule has 1 fully saturated rings. The average Bonchev–Trinajstić information content (AvgIpc) is 3.40. The van der Waals surface area contributed by atoms with Gasteiger partial charge in [-0.1, -0.05) is 6.07 Å². The quantitative estimate of drug-likeness (QED) is 0.645. The highest BCUT2D eigenvalue weighted by molar-refractivity contribution is 7.89. The molecule has 0 amide bonds. The van der Waals surface area contributed by atoms with E-state index in [2.05, 4.69) is 10.2 Å². The van der Waals surface area contributed by atoms with Crippen molar-refractivity contribution in [1.29, 1.82) is 0 Å². The van der Waals surface area contributed by atoms with E-state index >= 15 is 0 Å². The van der Waals surface area contributed by atoms with Gasteiger partial charge in [0, 0.05) is 19.0 Å². The van der Waals surface area contributed by atoms with Crippen molar-refractivity contribution in [2.45, 2.75) is 30.6 Å². The van der Waals surface area contributed by atoms with Crippen molar-refractivity contribution < 1.29 is 22.0 Å². The third kappa shape index (κ3) is 3.43. The summed E-state index contributed by atoms with van der Waals surface area (Å²) >= 11 is 0. The Bertz CT molecular complexity index is 1050. The van der Waals surface area contributed by atoms with Crippen molar-refractivity contribution in [3.8, 4) is 17.2 Å². The van der Waals surface area contributed by atoms with Crippen molar-refractivity contribution in [2.75, 3.05) is 20.2 Å². The Hall–Kier alpha value is -2.65. The van der Waals surface area contributed by atoms with Gasteiger partial charge in [0.1, 0.15) is 16.9 Å². The minimum absolute atomic E-state index is 0.0269. The van der Waals surface area contributed by atoms with E-state index in [1.165, 1.54) is 11.4 Å². The zero-order valence-electron chi connectivity index (χ0n) is 15.7. The minimum Gasteiger partial charge on any atom is -0.495 e. The van der Waals surface area contributed by atoms with Crippen LogP contribution in [0.5, 0.6) is 5.75 Å². The Morgan fingerprint density at radius 3 is 2.64 bits per heavy atom. The van der Waals surface area contributed by atoms with Crippen molar-refractivity contribution in [2.24, 2.45) is 0 Å². The number of sulfonamides is 1. The second kappa shape index (κ2) is 7.40. The lowest BCUT2D eigenvalue weighted by Gasteiger charge is -2.30. The minimum atomic E-state index is -3.63. The molecule has 1 aromatic carbocycles. The summed E-state index contributed by atoms with van der Waals surface area (Å²) in [7, 11) is -2.16. The normalized spacial score (nSPS) is 16.4. The largest absolute Gasteiger partial charge is 0.495 e. The first-order valence-corrected chi connectivity index (χ1v) is 10.4. The average molecular weight is 403 g/mol. The van der Waals surface area contributed by atoms with E-state index in [4.69, 9.17) is 13.6 Å². The summed E-state index contributed by atoms with van der Waals surface area (Å²) in [5.74, 6) is 1.32. The number of piperidine rings is 1. The number of furan rings is 1. The van der Waals surface area contributed by atoms with Gasteiger partial charge in [-0.2, -0.15) is 4.31 Å². The van der Waals surface area contributed by atoms with Crippen molar-refractivity contribution in [3.63, 3.8) is 0 Å². The second-order valence-corrected chi connectivity index (χ2v) is 8.70. The van der Waals surface area contributed by atoms with E-state index in [9.17, 15) is 8.42 Å². The maximum absolute atomic E-state index is 13.1. The molecule has 148 valence electrons. The Labute approximate surface area is 163 Å². The maximum Gasteiger partial charge on any atom is 0.250 e. The van der Waals surface area contributed by atoms with Crippen LogP contribution in [-0.4, -0.2) is 43.1 Å². The zero-order chi connectivity index (χ0) is 19.7. The molecule has 0 atom stereocenters. The molecule has 4 rings (SSSR count). The van der Waals surface area contributed by atoms with Gasteiger partial charge in [0.2, 0.25) is 15.9 Å². The molecule has 28 heavy (non-hydrogen) atoms. The smallest absolute Gasteiger partial charge is 0.250 e. The fraction of sp³-hybridized carbons (Fsp3) is 0.368. The number of aryl methyl sites for hydroxylation is 1. The summed E-state index contributed by atoms with van der Waals surface area (Å²) < 4.78 is 43.8. The van der Waals surface area contributed by atoms with Gasteiger partial charge in [0.05, 0.1) is 18.9 Å². The summed E-state index contributed by atoms with van der Waals surface area (Å²) in [6.07, 6.45) is 4.31. The van der Waals surface area contributed by atoms with Crippen LogP contribution in [0, 0.1) is 6.92 Å². The summed E-state index contributed by atoms with van der Waals surface area (Å²) in [5, 5.41) is 8.19. The number of aromatic nitrogens is 2. The Kier molecular flexibility index (Phi) is 4.94. The molecular formula is C19H21N3O5S. The molecule has 3 aromatic rings. The zero-order valence-corrected chi connectivity index (χ0v) is 16.5.